The second kappa shape index (κ2) is 11.4. The Morgan fingerprint density at radius 2 is 1.76 bits per heavy atom. The zero-order valence-corrected chi connectivity index (χ0v) is 19.7. The van der Waals surface area contributed by atoms with Crippen LogP contribution in [-0.4, -0.2) is 35.9 Å². The molecule has 2 aromatic carbocycles. The third kappa shape index (κ3) is 7.59. The molecule has 0 fully saturated rings. The summed E-state index contributed by atoms with van der Waals surface area (Å²) in [6.07, 6.45) is 3.99. The summed E-state index contributed by atoms with van der Waals surface area (Å²) in [6, 6.07) is 11.8. The predicted octanol–water partition coefficient (Wildman–Crippen LogP) is 6.65. The fraction of sp³-hybridized carbons (Fsp3) is 0.400. The molecule has 1 unspecified atom stereocenters. The normalized spacial score (nSPS) is 12.4. The minimum absolute atomic E-state index is 0.0247. The van der Waals surface area contributed by atoms with Gasteiger partial charge in [0.15, 0.2) is 5.75 Å². The van der Waals surface area contributed by atoms with E-state index in [9.17, 15) is 19.3 Å². The third-order valence-corrected chi connectivity index (χ3v) is 4.78. The molecular weight excluding hydrogens is 427 g/mol. The Bertz CT molecular complexity index is 983. The summed E-state index contributed by atoms with van der Waals surface area (Å²) in [7, 11) is 0. The summed E-state index contributed by atoms with van der Waals surface area (Å²) in [5, 5.41) is 11.1. The summed E-state index contributed by atoms with van der Waals surface area (Å²) < 4.78 is 23.2. The quantitative estimate of drug-likeness (QED) is 0.239. The third-order valence-electron chi connectivity index (χ3n) is 4.78. The second-order valence-electron chi connectivity index (χ2n) is 8.55. The number of hydrogen-bond acceptors (Lipinski definition) is 5. The van der Waals surface area contributed by atoms with Gasteiger partial charge in [0, 0.05) is 17.8 Å². The zero-order chi connectivity index (χ0) is 24.6. The lowest BCUT2D eigenvalue weighted by molar-refractivity contribution is -0.385. The number of carbonyl (C=O) groups is 1. The molecular formula is C25H31FN2O5. The van der Waals surface area contributed by atoms with Gasteiger partial charge in [0.25, 0.3) is 0 Å². The fourth-order valence-corrected chi connectivity index (χ4v) is 3.02. The molecule has 0 radical (unpaired) electrons. The van der Waals surface area contributed by atoms with Crippen molar-refractivity contribution in [2.45, 2.75) is 52.7 Å². The van der Waals surface area contributed by atoms with E-state index in [1.807, 2.05) is 65.0 Å². The SMILES string of the molecule is CCC(C)N(C(=O)OC(C)(C)C)c1ccc(/C=C/c2ccc([N+](=O)[O-])c(OCCF)c2)cc1. The van der Waals surface area contributed by atoms with Crippen LogP contribution in [-0.2, 0) is 4.74 Å². The number of halogens is 1. The smallest absolute Gasteiger partial charge is 0.415 e. The molecule has 0 saturated carbocycles. The minimum atomic E-state index is -0.736. The van der Waals surface area contributed by atoms with Crippen LogP contribution in [0.5, 0.6) is 5.75 Å². The van der Waals surface area contributed by atoms with Crippen LogP contribution in [0.15, 0.2) is 42.5 Å². The summed E-state index contributed by atoms with van der Waals surface area (Å²) in [4.78, 5) is 25.0. The molecule has 2 aromatic rings. The van der Waals surface area contributed by atoms with Crippen molar-refractivity contribution in [3.8, 4) is 5.75 Å². The molecule has 0 aromatic heterocycles. The van der Waals surface area contributed by atoms with Crippen molar-refractivity contribution in [3.63, 3.8) is 0 Å². The Labute approximate surface area is 194 Å². The first kappa shape index (κ1) is 25.8. The van der Waals surface area contributed by atoms with E-state index in [2.05, 4.69) is 0 Å². The lowest BCUT2D eigenvalue weighted by atomic mass is 10.1. The molecule has 0 aliphatic carbocycles. The van der Waals surface area contributed by atoms with Crippen LogP contribution in [0.3, 0.4) is 0 Å². The second-order valence-corrected chi connectivity index (χ2v) is 8.55. The van der Waals surface area contributed by atoms with Crippen LogP contribution in [0, 0.1) is 10.1 Å². The predicted molar refractivity (Wildman–Crippen MR) is 128 cm³/mol. The van der Waals surface area contributed by atoms with Gasteiger partial charge in [-0.1, -0.05) is 31.2 Å². The molecule has 7 nitrogen and oxygen atoms in total. The molecule has 0 saturated heterocycles. The van der Waals surface area contributed by atoms with Gasteiger partial charge in [-0.3, -0.25) is 15.0 Å². The maximum absolute atomic E-state index is 12.7. The van der Waals surface area contributed by atoms with E-state index in [-0.39, 0.29) is 24.1 Å². The Morgan fingerprint density at radius 3 is 2.30 bits per heavy atom. The average Bonchev–Trinajstić information content (AvgIpc) is 2.75. The van der Waals surface area contributed by atoms with Crippen LogP contribution < -0.4 is 9.64 Å². The monoisotopic (exact) mass is 458 g/mol. The highest BCUT2D eigenvalue weighted by Gasteiger charge is 2.26. The van der Waals surface area contributed by atoms with E-state index in [1.54, 1.807) is 17.0 Å². The standard InChI is InChI=1S/C25H31FN2O5/c1-6-18(2)27(24(29)33-25(3,4)5)21-12-9-19(10-13-21)7-8-20-11-14-22(28(30)31)23(17-20)32-16-15-26/h7-14,17-18H,6,15-16H2,1-5H3/b8-7+. The van der Waals surface area contributed by atoms with Crippen LogP contribution >= 0.6 is 0 Å². The van der Waals surface area contributed by atoms with Gasteiger partial charge in [-0.15, -0.1) is 0 Å². The first-order chi connectivity index (χ1) is 15.6. The summed E-state index contributed by atoms with van der Waals surface area (Å²) in [5.74, 6) is 0.0247. The van der Waals surface area contributed by atoms with Crippen molar-refractivity contribution in [2.75, 3.05) is 18.2 Å². The Kier molecular flexibility index (Phi) is 8.96. The van der Waals surface area contributed by atoms with Crippen LogP contribution in [0.25, 0.3) is 12.2 Å². The maximum Gasteiger partial charge on any atom is 0.415 e. The first-order valence-electron chi connectivity index (χ1n) is 10.8. The summed E-state index contributed by atoms with van der Waals surface area (Å²) in [5.41, 5.74) is 1.47. The molecule has 1 amide bonds. The first-order valence-corrected chi connectivity index (χ1v) is 10.8. The molecule has 0 spiro atoms. The zero-order valence-electron chi connectivity index (χ0n) is 19.7. The van der Waals surface area contributed by atoms with Gasteiger partial charge in [-0.05, 0) is 69.5 Å². The van der Waals surface area contributed by atoms with E-state index in [0.717, 1.165) is 17.7 Å². The molecule has 1 atom stereocenters. The molecule has 178 valence electrons. The molecule has 0 bridgehead atoms. The molecule has 2 rings (SSSR count). The molecule has 0 heterocycles. The van der Waals surface area contributed by atoms with Gasteiger partial charge in [-0.25, -0.2) is 9.18 Å². The van der Waals surface area contributed by atoms with Crippen LogP contribution in [0.4, 0.5) is 20.6 Å². The van der Waals surface area contributed by atoms with Gasteiger partial charge in [-0.2, -0.15) is 0 Å². The number of rotatable bonds is 9. The number of amides is 1. The Balaban J connectivity index is 2.23. The van der Waals surface area contributed by atoms with E-state index in [1.165, 1.54) is 12.1 Å². The van der Waals surface area contributed by atoms with Gasteiger partial charge in [0.1, 0.15) is 18.9 Å². The molecule has 8 heteroatoms. The number of nitro groups is 1. The maximum atomic E-state index is 12.7. The number of ether oxygens (including phenoxy) is 2. The number of nitrogens with zero attached hydrogens (tertiary/aromatic N) is 2. The Morgan fingerprint density at radius 1 is 1.15 bits per heavy atom. The summed E-state index contributed by atoms with van der Waals surface area (Å²) >= 11 is 0. The molecule has 33 heavy (non-hydrogen) atoms. The number of benzene rings is 2. The van der Waals surface area contributed by atoms with Crippen molar-refractivity contribution >= 4 is 29.6 Å². The van der Waals surface area contributed by atoms with Crippen LogP contribution in [0.2, 0.25) is 0 Å². The highest BCUT2D eigenvalue weighted by Crippen LogP contribution is 2.29. The number of nitro benzene ring substituents is 1. The van der Waals surface area contributed by atoms with E-state index in [4.69, 9.17) is 9.47 Å². The number of alkyl halides is 1. The molecule has 0 aliphatic rings. The topological polar surface area (TPSA) is 81.9 Å². The largest absolute Gasteiger partial charge is 0.484 e. The van der Waals surface area contributed by atoms with Crippen molar-refractivity contribution in [2.24, 2.45) is 0 Å². The van der Waals surface area contributed by atoms with Crippen molar-refractivity contribution < 1.29 is 23.6 Å². The van der Waals surface area contributed by atoms with Gasteiger partial charge in [0.2, 0.25) is 0 Å². The fourth-order valence-electron chi connectivity index (χ4n) is 3.02. The van der Waals surface area contributed by atoms with Gasteiger partial charge >= 0.3 is 11.8 Å². The number of hydrogen-bond donors (Lipinski definition) is 0. The Hall–Kier alpha value is -3.42. The lowest BCUT2D eigenvalue weighted by Gasteiger charge is -2.31. The molecule has 0 N–H and O–H groups in total. The number of anilines is 1. The van der Waals surface area contributed by atoms with E-state index < -0.39 is 23.3 Å². The van der Waals surface area contributed by atoms with Crippen molar-refractivity contribution in [1.82, 2.24) is 0 Å². The minimum Gasteiger partial charge on any atom is -0.484 e. The average molecular weight is 459 g/mol. The summed E-state index contributed by atoms with van der Waals surface area (Å²) in [6.45, 7) is 8.49. The van der Waals surface area contributed by atoms with Crippen molar-refractivity contribution in [3.05, 3.63) is 63.7 Å². The highest BCUT2D eigenvalue weighted by molar-refractivity contribution is 5.88. The molecule has 0 aliphatic heterocycles. The lowest BCUT2D eigenvalue weighted by Crippen LogP contribution is -2.42. The van der Waals surface area contributed by atoms with E-state index in [0.29, 0.717) is 5.56 Å². The van der Waals surface area contributed by atoms with Gasteiger partial charge in [0.05, 0.1) is 4.92 Å². The van der Waals surface area contributed by atoms with E-state index >= 15 is 0 Å². The van der Waals surface area contributed by atoms with Crippen molar-refractivity contribution in [1.29, 1.82) is 0 Å². The van der Waals surface area contributed by atoms with Crippen LogP contribution in [0.1, 0.15) is 52.2 Å². The number of carbonyl (C=O) groups excluding carboxylic acids is 1. The van der Waals surface area contributed by atoms with Gasteiger partial charge < -0.3 is 9.47 Å². The highest BCUT2D eigenvalue weighted by atomic mass is 19.1.